The molecule has 1 aromatic carbocycles. The fourth-order valence-electron chi connectivity index (χ4n) is 0.957. The largest absolute Gasteiger partial charge is 0.459 e. The molecule has 0 spiro atoms. The van der Waals surface area contributed by atoms with Crippen molar-refractivity contribution in [2.75, 3.05) is 0 Å². The van der Waals surface area contributed by atoms with Crippen LogP contribution in [0, 0.1) is 0 Å². The Labute approximate surface area is 99.1 Å². The first-order valence-corrected chi connectivity index (χ1v) is 5.46. The van der Waals surface area contributed by atoms with E-state index in [1.807, 2.05) is 13.8 Å². The SMILES string of the molecule is CCC(C)OC(=O)c1ccc(Cl)c(Cl)c1. The van der Waals surface area contributed by atoms with Gasteiger partial charge >= 0.3 is 5.97 Å². The van der Waals surface area contributed by atoms with Gasteiger partial charge in [-0.15, -0.1) is 0 Å². The van der Waals surface area contributed by atoms with Crippen LogP contribution in [-0.2, 0) is 4.74 Å². The number of esters is 1. The maximum atomic E-state index is 11.6. The fourth-order valence-corrected chi connectivity index (χ4v) is 1.26. The van der Waals surface area contributed by atoms with Crippen molar-refractivity contribution >= 4 is 29.2 Å². The second-order valence-electron chi connectivity index (χ2n) is 3.25. The summed E-state index contributed by atoms with van der Waals surface area (Å²) in [6, 6.07) is 4.69. The lowest BCUT2D eigenvalue weighted by atomic mass is 10.2. The zero-order valence-electron chi connectivity index (χ0n) is 8.59. The van der Waals surface area contributed by atoms with Crippen LogP contribution in [0.15, 0.2) is 18.2 Å². The van der Waals surface area contributed by atoms with Gasteiger partial charge in [0.15, 0.2) is 0 Å². The number of hydrogen-bond acceptors (Lipinski definition) is 2. The van der Waals surface area contributed by atoms with E-state index in [9.17, 15) is 4.79 Å². The molecule has 0 aromatic heterocycles. The molecule has 0 N–H and O–H groups in total. The Hall–Kier alpha value is -0.730. The Kier molecular flexibility index (Phi) is 4.43. The van der Waals surface area contributed by atoms with E-state index >= 15 is 0 Å². The fraction of sp³-hybridized carbons (Fsp3) is 0.364. The Morgan fingerprint density at radius 3 is 2.60 bits per heavy atom. The third-order valence-corrected chi connectivity index (χ3v) is 2.78. The predicted molar refractivity (Wildman–Crippen MR) is 61.6 cm³/mol. The van der Waals surface area contributed by atoms with Crippen molar-refractivity contribution in [2.45, 2.75) is 26.4 Å². The van der Waals surface area contributed by atoms with Crippen LogP contribution >= 0.6 is 23.2 Å². The van der Waals surface area contributed by atoms with E-state index in [0.29, 0.717) is 15.6 Å². The molecule has 0 fully saturated rings. The van der Waals surface area contributed by atoms with Crippen LogP contribution in [0.5, 0.6) is 0 Å². The van der Waals surface area contributed by atoms with Crippen LogP contribution in [0.1, 0.15) is 30.6 Å². The van der Waals surface area contributed by atoms with Crippen LogP contribution in [0.3, 0.4) is 0 Å². The number of carbonyl (C=O) groups excluding carboxylic acids is 1. The molecule has 1 rings (SSSR count). The second kappa shape index (κ2) is 5.38. The second-order valence-corrected chi connectivity index (χ2v) is 4.07. The van der Waals surface area contributed by atoms with Gasteiger partial charge in [0, 0.05) is 0 Å². The van der Waals surface area contributed by atoms with Crippen LogP contribution in [0.4, 0.5) is 0 Å². The van der Waals surface area contributed by atoms with E-state index in [-0.39, 0.29) is 12.1 Å². The summed E-state index contributed by atoms with van der Waals surface area (Å²) < 4.78 is 5.14. The molecule has 0 radical (unpaired) electrons. The number of ether oxygens (including phenoxy) is 1. The lowest BCUT2D eigenvalue weighted by Gasteiger charge is -2.10. The Morgan fingerprint density at radius 1 is 1.40 bits per heavy atom. The molecule has 82 valence electrons. The summed E-state index contributed by atoms with van der Waals surface area (Å²) in [6.07, 6.45) is 0.694. The minimum absolute atomic E-state index is 0.0908. The topological polar surface area (TPSA) is 26.3 Å². The maximum absolute atomic E-state index is 11.6. The summed E-state index contributed by atoms with van der Waals surface area (Å²) in [4.78, 5) is 11.6. The van der Waals surface area contributed by atoms with Gasteiger partial charge in [-0.3, -0.25) is 0 Å². The summed E-state index contributed by atoms with van der Waals surface area (Å²) in [7, 11) is 0. The van der Waals surface area contributed by atoms with Gasteiger partial charge in [0.1, 0.15) is 0 Å². The summed E-state index contributed by atoms with van der Waals surface area (Å²) in [5, 5.41) is 0.784. The first-order valence-electron chi connectivity index (χ1n) is 4.70. The van der Waals surface area contributed by atoms with Gasteiger partial charge in [-0.25, -0.2) is 4.79 Å². The predicted octanol–water partition coefficient (Wildman–Crippen LogP) is 3.95. The smallest absolute Gasteiger partial charge is 0.338 e. The summed E-state index contributed by atoms with van der Waals surface area (Å²) in [5.41, 5.74) is 0.421. The maximum Gasteiger partial charge on any atom is 0.338 e. The van der Waals surface area contributed by atoms with E-state index in [1.165, 1.54) is 6.07 Å². The lowest BCUT2D eigenvalue weighted by molar-refractivity contribution is 0.0334. The summed E-state index contributed by atoms with van der Waals surface area (Å²) >= 11 is 11.5. The molecule has 2 nitrogen and oxygen atoms in total. The lowest BCUT2D eigenvalue weighted by Crippen LogP contribution is -2.13. The molecule has 0 heterocycles. The van der Waals surface area contributed by atoms with E-state index < -0.39 is 0 Å². The average Bonchev–Trinajstić information content (AvgIpc) is 2.21. The van der Waals surface area contributed by atoms with E-state index in [1.54, 1.807) is 12.1 Å². The number of halogens is 2. The highest BCUT2D eigenvalue weighted by Gasteiger charge is 2.11. The molecule has 1 unspecified atom stereocenters. The molecule has 0 aliphatic rings. The molecule has 0 aliphatic heterocycles. The third-order valence-electron chi connectivity index (χ3n) is 2.04. The monoisotopic (exact) mass is 246 g/mol. The van der Waals surface area contributed by atoms with Crippen molar-refractivity contribution in [3.63, 3.8) is 0 Å². The third kappa shape index (κ3) is 3.40. The van der Waals surface area contributed by atoms with Crippen molar-refractivity contribution in [3.05, 3.63) is 33.8 Å². The van der Waals surface area contributed by atoms with E-state index in [4.69, 9.17) is 27.9 Å². The van der Waals surface area contributed by atoms with Gasteiger partial charge in [-0.05, 0) is 31.5 Å². The first-order chi connectivity index (χ1) is 7.04. The molecular formula is C11H12Cl2O2. The summed E-state index contributed by atoms with van der Waals surface area (Å²) in [6.45, 7) is 3.79. The highest BCUT2D eigenvalue weighted by Crippen LogP contribution is 2.23. The number of benzene rings is 1. The number of carbonyl (C=O) groups is 1. The van der Waals surface area contributed by atoms with Crippen molar-refractivity contribution in [1.29, 1.82) is 0 Å². The van der Waals surface area contributed by atoms with E-state index in [0.717, 1.165) is 6.42 Å². The first kappa shape index (κ1) is 12.3. The minimum atomic E-state index is -0.372. The standard InChI is InChI=1S/C11H12Cl2O2/c1-3-7(2)15-11(14)8-4-5-9(12)10(13)6-8/h4-7H,3H2,1-2H3. The van der Waals surface area contributed by atoms with Crippen molar-refractivity contribution in [1.82, 2.24) is 0 Å². The molecule has 0 saturated carbocycles. The van der Waals surface area contributed by atoms with Gasteiger partial charge < -0.3 is 4.74 Å². The zero-order chi connectivity index (χ0) is 11.4. The highest BCUT2D eigenvalue weighted by atomic mass is 35.5. The summed E-state index contributed by atoms with van der Waals surface area (Å²) in [5.74, 6) is -0.372. The Bertz CT molecular complexity index is 364. The Morgan fingerprint density at radius 2 is 2.07 bits per heavy atom. The van der Waals surface area contributed by atoms with Crippen molar-refractivity contribution in [3.8, 4) is 0 Å². The van der Waals surface area contributed by atoms with Crippen LogP contribution in [0.25, 0.3) is 0 Å². The van der Waals surface area contributed by atoms with Gasteiger partial charge in [0.2, 0.25) is 0 Å². The molecule has 0 bridgehead atoms. The molecule has 0 aliphatic carbocycles. The molecular weight excluding hydrogens is 235 g/mol. The van der Waals surface area contributed by atoms with Crippen LogP contribution < -0.4 is 0 Å². The molecule has 0 amide bonds. The average molecular weight is 247 g/mol. The highest BCUT2D eigenvalue weighted by molar-refractivity contribution is 6.42. The van der Waals surface area contributed by atoms with Gasteiger partial charge in [0.05, 0.1) is 21.7 Å². The van der Waals surface area contributed by atoms with Crippen LogP contribution in [0.2, 0.25) is 10.0 Å². The molecule has 1 aromatic rings. The van der Waals surface area contributed by atoms with Gasteiger partial charge in [-0.1, -0.05) is 30.1 Å². The van der Waals surface area contributed by atoms with E-state index in [2.05, 4.69) is 0 Å². The molecule has 4 heteroatoms. The molecule has 1 atom stereocenters. The van der Waals surface area contributed by atoms with Crippen LogP contribution in [-0.4, -0.2) is 12.1 Å². The van der Waals surface area contributed by atoms with Crippen molar-refractivity contribution in [2.24, 2.45) is 0 Å². The normalized spacial score (nSPS) is 12.3. The van der Waals surface area contributed by atoms with Crippen molar-refractivity contribution < 1.29 is 9.53 Å². The quantitative estimate of drug-likeness (QED) is 0.756. The van der Waals surface area contributed by atoms with Gasteiger partial charge in [-0.2, -0.15) is 0 Å². The zero-order valence-corrected chi connectivity index (χ0v) is 10.1. The number of rotatable bonds is 3. The molecule has 15 heavy (non-hydrogen) atoms. The number of hydrogen-bond donors (Lipinski definition) is 0. The molecule has 0 saturated heterocycles. The van der Waals surface area contributed by atoms with Gasteiger partial charge in [0.25, 0.3) is 0 Å². The Balaban J connectivity index is 2.78. The minimum Gasteiger partial charge on any atom is -0.459 e.